The van der Waals surface area contributed by atoms with E-state index in [0.717, 1.165) is 0 Å². The van der Waals surface area contributed by atoms with Gasteiger partial charge in [-0.05, 0) is 6.07 Å². The Balaban J connectivity index is 0.000001000. The van der Waals surface area contributed by atoms with E-state index in [9.17, 15) is 0 Å². The van der Waals surface area contributed by atoms with Crippen LogP contribution >= 0.6 is 12.4 Å². The van der Waals surface area contributed by atoms with Crippen LogP contribution in [0.2, 0.25) is 0 Å². The molecule has 0 aromatic carbocycles. The van der Waals surface area contributed by atoms with Crippen molar-refractivity contribution in [2.75, 3.05) is 5.73 Å². The minimum Gasteiger partial charge on any atom is -0.423 e. The summed E-state index contributed by atoms with van der Waals surface area (Å²) in [5, 5.41) is 17.3. The van der Waals surface area contributed by atoms with E-state index in [1.54, 1.807) is 0 Å². The smallest absolute Gasteiger partial charge is 0.423 e. The fourth-order valence-electron chi connectivity index (χ4n) is 0.633. The quantitative estimate of drug-likeness (QED) is 0.466. The minimum absolute atomic E-state index is 0. The summed E-state index contributed by atoms with van der Waals surface area (Å²) in [4.78, 5) is 3.67. The van der Waals surface area contributed by atoms with Gasteiger partial charge in [-0.2, -0.15) is 0 Å². The lowest BCUT2D eigenvalue weighted by Crippen LogP contribution is -2.32. The van der Waals surface area contributed by atoms with Gasteiger partial charge in [-0.3, -0.25) is 4.98 Å². The number of nitrogens with zero attached hydrogens (tertiary/aromatic N) is 1. The van der Waals surface area contributed by atoms with Crippen molar-refractivity contribution in [3.63, 3.8) is 0 Å². The van der Waals surface area contributed by atoms with Gasteiger partial charge in [-0.15, -0.1) is 12.4 Å². The average molecular weight is 174 g/mol. The van der Waals surface area contributed by atoms with Crippen LogP contribution < -0.4 is 11.2 Å². The first-order chi connectivity index (χ1) is 4.72. The van der Waals surface area contributed by atoms with Crippen molar-refractivity contribution in [2.24, 2.45) is 0 Å². The van der Waals surface area contributed by atoms with Crippen molar-refractivity contribution < 1.29 is 10.0 Å². The maximum Gasteiger partial charge on any atom is 0.492 e. The normalized spacial score (nSPS) is 8.55. The lowest BCUT2D eigenvalue weighted by molar-refractivity contribution is 0.426. The topological polar surface area (TPSA) is 79.4 Å². The molecule has 0 fully saturated rings. The van der Waals surface area contributed by atoms with Crippen LogP contribution in [0.25, 0.3) is 0 Å². The maximum absolute atomic E-state index is 8.64. The van der Waals surface area contributed by atoms with Crippen LogP contribution in [-0.2, 0) is 0 Å². The highest BCUT2D eigenvalue weighted by Crippen LogP contribution is 1.93. The fourth-order valence-corrected chi connectivity index (χ4v) is 0.633. The largest absolute Gasteiger partial charge is 0.492 e. The molecule has 4 N–H and O–H groups in total. The number of hydrogen-bond donors (Lipinski definition) is 3. The Morgan fingerprint density at radius 3 is 2.45 bits per heavy atom. The molecule has 0 aliphatic rings. The van der Waals surface area contributed by atoms with E-state index in [1.165, 1.54) is 18.5 Å². The molecule has 0 radical (unpaired) electrons. The zero-order chi connectivity index (χ0) is 7.56. The molecule has 1 rings (SSSR count). The molecule has 0 saturated carbocycles. The van der Waals surface area contributed by atoms with Crippen LogP contribution in [-0.4, -0.2) is 22.2 Å². The van der Waals surface area contributed by atoms with Gasteiger partial charge in [0.2, 0.25) is 0 Å². The Morgan fingerprint density at radius 2 is 2.09 bits per heavy atom. The van der Waals surface area contributed by atoms with Gasteiger partial charge in [0, 0.05) is 23.5 Å². The SMILES string of the molecule is Cl.Nc1ccncc1B(O)O. The third-order valence-corrected chi connectivity index (χ3v) is 1.17. The molecule has 1 heterocycles. The molecule has 1 aromatic rings. The monoisotopic (exact) mass is 174 g/mol. The lowest BCUT2D eigenvalue weighted by atomic mass is 9.80. The van der Waals surface area contributed by atoms with Crippen LogP contribution in [0, 0.1) is 0 Å². The van der Waals surface area contributed by atoms with Crippen molar-refractivity contribution in [2.45, 2.75) is 0 Å². The Bertz CT molecular complexity index is 233. The molecule has 4 nitrogen and oxygen atoms in total. The van der Waals surface area contributed by atoms with E-state index in [1.807, 2.05) is 0 Å². The zero-order valence-electron chi connectivity index (χ0n) is 5.64. The van der Waals surface area contributed by atoms with Crippen molar-refractivity contribution in [3.8, 4) is 0 Å². The van der Waals surface area contributed by atoms with Crippen LogP contribution in [0.1, 0.15) is 0 Å². The molecule has 0 saturated heterocycles. The number of hydrogen-bond acceptors (Lipinski definition) is 4. The Hall–Kier alpha value is -0.775. The predicted molar refractivity (Wildman–Crippen MR) is 45.7 cm³/mol. The Morgan fingerprint density at radius 1 is 1.45 bits per heavy atom. The number of nitrogen functional groups attached to an aromatic ring is 1. The molecule has 0 atom stereocenters. The van der Waals surface area contributed by atoms with Gasteiger partial charge in [-0.1, -0.05) is 0 Å². The third kappa shape index (κ3) is 2.38. The average Bonchev–Trinajstić information content (AvgIpc) is 1.88. The van der Waals surface area contributed by atoms with E-state index in [2.05, 4.69) is 4.98 Å². The van der Waals surface area contributed by atoms with Gasteiger partial charge in [0.05, 0.1) is 0 Å². The lowest BCUT2D eigenvalue weighted by Gasteiger charge is -2.00. The summed E-state index contributed by atoms with van der Waals surface area (Å²) >= 11 is 0. The fraction of sp³-hybridized carbons (Fsp3) is 0. The molecule has 1 aromatic heterocycles. The van der Waals surface area contributed by atoms with Gasteiger partial charge < -0.3 is 15.8 Å². The second-order valence-electron chi connectivity index (χ2n) is 1.88. The number of halogens is 1. The highest BCUT2D eigenvalue weighted by molar-refractivity contribution is 6.60. The molecule has 6 heteroatoms. The van der Waals surface area contributed by atoms with Crippen molar-refractivity contribution in [3.05, 3.63) is 18.5 Å². The summed E-state index contributed by atoms with van der Waals surface area (Å²) in [5.74, 6) is 0. The molecule has 0 amide bonds. The van der Waals surface area contributed by atoms with Crippen molar-refractivity contribution >= 4 is 30.7 Å². The predicted octanol–water partition coefficient (Wildman–Crippen LogP) is -1.23. The molecule has 0 aliphatic carbocycles. The number of pyridine rings is 1. The van der Waals surface area contributed by atoms with Gasteiger partial charge in [0.25, 0.3) is 0 Å². The van der Waals surface area contributed by atoms with E-state index in [4.69, 9.17) is 15.8 Å². The first-order valence-electron chi connectivity index (χ1n) is 2.77. The van der Waals surface area contributed by atoms with Gasteiger partial charge in [0.15, 0.2) is 0 Å². The number of aromatic nitrogens is 1. The molecule has 0 aliphatic heterocycles. The van der Waals surface area contributed by atoms with Crippen LogP contribution in [0.15, 0.2) is 18.5 Å². The summed E-state index contributed by atoms with van der Waals surface area (Å²) in [7, 11) is -1.53. The zero-order valence-corrected chi connectivity index (χ0v) is 6.45. The van der Waals surface area contributed by atoms with E-state index >= 15 is 0 Å². The van der Waals surface area contributed by atoms with Crippen LogP contribution in [0.3, 0.4) is 0 Å². The Labute approximate surface area is 70.6 Å². The second kappa shape index (κ2) is 4.18. The standard InChI is InChI=1S/C5H7BN2O2.ClH/c7-5-1-2-8-3-4(5)6(9)10;/h1-3,9-10H,(H2,7,8);1H. The molecule has 0 spiro atoms. The second-order valence-corrected chi connectivity index (χ2v) is 1.88. The van der Waals surface area contributed by atoms with E-state index in [0.29, 0.717) is 5.69 Å². The molecule has 60 valence electrons. The first-order valence-corrected chi connectivity index (χ1v) is 2.77. The van der Waals surface area contributed by atoms with Crippen LogP contribution in [0.5, 0.6) is 0 Å². The number of rotatable bonds is 1. The van der Waals surface area contributed by atoms with Crippen molar-refractivity contribution in [1.29, 1.82) is 0 Å². The van der Waals surface area contributed by atoms with Crippen LogP contribution in [0.4, 0.5) is 5.69 Å². The van der Waals surface area contributed by atoms with Gasteiger partial charge in [0.1, 0.15) is 0 Å². The van der Waals surface area contributed by atoms with E-state index < -0.39 is 7.12 Å². The molecular formula is C5H8BClN2O2. The molecule has 0 bridgehead atoms. The molecular weight excluding hydrogens is 166 g/mol. The number of anilines is 1. The van der Waals surface area contributed by atoms with Gasteiger partial charge >= 0.3 is 7.12 Å². The summed E-state index contributed by atoms with van der Waals surface area (Å²) in [5.41, 5.74) is 5.94. The highest BCUT2D eigenvalue weighted by atomic mass is 35.5. The third-order valence-electron chi connectivity index (χ3n) is 1.17. The number of nitrogens with two attached hydrogens (primary N) is 1. The van der Waals surface area contributed by atoms with Gasteiger partial charge in [-0.25, -0.2) is 0 Å². The molecule has 0 unspecified atom stereocenters. The first kappa shape index (κ1) is 10.2. The minimum atomic E-state index is -1.53. The summed E-state index contributed by atoms with van der Waals surface area (Å²) < 4.78 is 0. The Kier molecular flexibility index (Phi) is 3.88. The summed E-state index contributed by atoms with van der Waals surface area (Å²) in [6.45, 7) is 0. The highest BCUT2D eigenvalue weighted by Gasteiger charge is 2.13. The van der Waals surface area contributed by atoms with E-state index in [-0.39, 0.29) is 17.9 Å². The summed E-state index contributed by atoms with van der Waals surface area (Å²) in [6, 6.07) is 1.51. The molecule has 11 heavy (non-hydrogen) atoms. The maximum atomic E-state index is 8.64. The van der Waals surface area contributed by atoms with Crippen molar-refractivity contribution in [1.82, 2.24) is 4.98 Å². The summed E-state index contributed by atoms with van der Waals surface area (Å²) in [6.07, 6.45) is 2.81.